The molecular formula is C21H21FN2O2S. The molecule has 1 aliphatic heterocycles. The number of aromatic nitrogens is 1. The second-order valence-corrected chi connectivity index (χ2v) is 7.69. The van der Waals surface area contributed by atoms with Gasteiger partial charge in [-0.25, -0.2) is 9.37 Å². The van der Waals surface area contributed by atoms with Crippen LogP contribution in [0.25, 0.3) is 10.2 Å². The van der Waals surface area contributed by atoms with Crippen molar-refractivity contribution >= 4 is 32.6 Å². The van der Waals surface area contributed by atoms with E-state index >= 15 is 0 Å². The van der Waals surface area contributed by atoms with Gasteiger partial charge in [-0.3, -0.25) is 9.69 Å². The fraction of sp³-hybridized carbons (Fsp3) is 0.333. The lowest BCUT2D eigenvalue weighted by atomic mass is 10.1. The van der Waals surface area contributed by atoms with Crippen molar-refractivity contribution in [1.82, 2.24) is 4.98 Å². The van der Waals surface area contributed by atoms with Gasteiger partial charge < -0.3 is 4.74 Å². The zero-order chi connectivity index (χ0) is 18.8. The highest BCUT2D eigenvalue weighted by molar-refractivity contribution is 7.22. The second-order valence-electron chi connectivity index (χ2n) is 6.68. The first-order chi connectivity index (χ1) is 13.2. The van der Waals surface area contributed by atoms with Gasteiger partial charge in [-0.05, 0) is 49.1 Å². The molecule has 3 aromatic rings. The van der Waals surface area contributed by atoms with Crippen LogP contribution in [0.3, 0.4) is 0 Å². The zero-order valence-electron chi connectivity index (χ0n) is 15.2. The number of hydrogen-bond donors (Lipinski definition) is 0. The topological polar surface area (TPSA) is 42.4 Å². The van der Waals surface area contributed by atoms with Crippen molar-refractivity contribution in [3.63, 3.8) is 0 Å². The maximum atomic E-state index is 14.2. The molecule has 27 heavy (non-hydrogen) atoms. The maximum absolute atomic E-state index is 14.2. The van der Waals surface area contributed by atoms with Gasteiger partial charge >= 0.3 is 0 Å². The lowest BCUT2D eigenvalue weighted by Gasteiger charge is -2.23. The highest BCUT2D eigenvalue weighted by Crippen LogP contribution is 2.32. The van der Waals surface area contributed by atoms with E-state index < -0.39 is 5.82 Å². The van der Waals surface area contributed by atoms with Crippen molar-refractivity contribution in [3.05, 3.63) is 59.4 Å². The first kappa shape index (κ1) is 18.1. The van der Waals surface area contributed by atoms with Crippen LogP contribution in [0.2, 0.25) is 0 Å². The summed E-state index contributed by atoms with van der Waals surface area (Å²) < 4.78 is 21.0. The Kier molecular flexibility index (Phi) is 5.18. The van der Waals surface area contributed by atoms with E-state index in [1.807, 2.05) is 6.07 Å². The van der Waals surface area contributed by atoms with Crippen LogP contribution in [0.4, 0.5) is 9.52 Å². The van der Waals surface area contributed by atoms with Gasteiger partial charge in [0.2, 0.25) is 0 Å². The van der Waals surface area contributed by atoms with Gasteiger partial charge in [-0.2, -0.15) is 0 Å². The molecule has 4 nitrogen and oxygen atoms in total. The molecule has 0 N–H and O–H groups in total. The molecule has 1 saturated heterocycles. The third-order valence-electron chi connectivity index (χ3n) is 4.84. The molecule has 1 aliphatic rings. The fourth-order valence-corrected chi connectivity index (χ4v) is 4.35. The molecule has 1 aromatic heterocycles. The number of fused-ring (bicyclic) bond motifs is 1. The van der Waals surface area contributed by atoms with Crippen molar-refractivity contribution in [2.45, 2.75) is 32.3 Å². The molecule has 1 unspecified atom stereocenters. The molecule has 1 fully saturated rings. The Morgan fingerprint density at radius 3 is 2.93 bits per heavy atom. The Morgan fingerprint density at radius 2 is 2.19 bits per heavy atom. The number of carbonyl (C=O) groups excluding carboxylic acids is 1. The fourth-order valence-electron chi connectivity index (χ4n) is 3.31. The van der Waals surface area contributed by atoms with Gasteiger partial charge in [-0.1, -0.05) is 36.5 Å². The van der Waals surface area contributed by atoms with Crippen LogP contribution in [0.1, 0.15) is 35.7 Å². The summed E-state index contributed by atoms with van der Waals surface area (Å²) in [5, 5.41) is 0.585. The Bertz CT molecular complexity index is 966. The number of thiazole rings is 1. The summed E-state index contributed by atoms with van der Waals surface area (Å²) in [7, 11) is 0. The molecular weight excluding hydrogens is 363 g/mol. The third-order valence-corrected chi connectivity index (χ3v) is 5.88. The summed E-state index contributed by atoms with van der Waals surface area (Å²) >= 11 is 1.46. The second kappa shape index (κ2) is 7.74. The van der Waals surface area contributed by atoms with Crippen LogP contribution in [0.5, 0.6) is 0 Å². The predicted molar refractivity (Wildman–Crippen MR) is 106 cm³/mol. The number of amides is 1. The minimum atomic E-state index is -0.519. The molecule has 0 bridgehead atoms. The van der Waals surface area contributed by atoms with Crippen molar-refractivity contribution in [2.24, 2.45) is 0 Å². The number of carbonyl (C=O) groups is 1. The van der Waals surface area contributed by atoms with E-state index in [-0.39, 0.29) is 17.6 Å². The number of rotatable bonds is 5. The summed E-state index contributed by atoms with van der Waals surface area (Å²) in [5.74, 6) is -0.896. The first-order valence-electron chi connectivity index (χ1n) is 9.23. The smallest absolute Gasteiger partial charge is 0.263 e. The highest BCUT2D eigenvalue weighted by atomic mass is 32.1. The van der Waals surface area contributed by atoms with Crippen LogP contribution in [-0.4, -0.2) is 30.1 Å². The average molecular weight is 384 g/mol. The summed E-state index contributed by atoms with van der Waals surface area (Å²) in [4.78, 5) is 19.4. The molecule has 140 valence electrons. The number of hydrogen-bond acceptors (Lipinski definition) is 4. The molecule has 1 atom stereocenters. The molecule has 0 radical (unpaired) electrons. The van der Waals surface area contributed by atoms with E-state index in [4.69, 9.17) is 4.74 Å². The number of anilines is 1. The third kappa shape index (κ3) is 3.73. The van der Waals surface area contributed by atoms with Crippen LogP contribution in [0, 0.1) is 5.82 Å². The number of ether oxygens (including phenoxy) is 1. The molecule has 0 saturated carbocycles. The molecule has 4 rings (SSSR count). The van der Waals surface area contributed by atoms with E-state index in [1.54, 1.807) is 17.0 Å². The molecule has 2 heterocycles. The van der Waals surface area contributed by atoms with Crippen LogP contribution < -0.4 is 4.90 Å². The summed E-state index contributed by atoms with van der Waals surface area (Å²) in [6.07, 6.45) is 2.77. The Balaban J connectivity index is 1.73. The lowest BCUT2D eigenvalue weighted by molar-refractivity contribution is 0.0914. The van der Waals surface area contributed by atoms with Gasteiger partial charge in [0.15, 0.2) is 5.13 Å². The van der Waals surface area contributed by atoms with E-state index in [2.05, 4.69) is 24.0 Å². The van der Waals surface area contributed by atoms with Gasteiger partial charge in [0, 0.05) is 6.61 Å². The van der Waals surface area contributed by atoms with Crippen LogP contribution in [-0.2, 0) is 11.2 Å². The normalized spacial score (nSPS) is 16.7. The molecule has 1 amide bonds. The van der Waals surface area contributed by atoms with E-state index in [9.17, 15) is 9.18 Å². The molecule has 0 spiro atoms. The van der Waals surface area contributed by atoms with Crippen LogP contribution in [0.15, 0.2) is 42.5 Å². The van der Waals surface area contributed by atoms with Crippen molar-refractivity contribution in [3.8, 4) is 0 Å². The van der Waals surface area contributed by atoms with Crippen molar-refractivity contribution in [2.75, 3.05) is 18.1 Å². The maximum Gasteiger partial charge on any atom is 0.263 e. The summed E-state index contributed by atoms with van der Waals surface area (Å²) in [6, 6.07) is 12.2. The predicted octanol–water partition coefficient (Wildman–Crippen LogP) is 4.82. The average Bonchev–Trinajstić information content (AvgIpc) is 3.34. The summed E-state index contributed by atoms with van der Waals surface area (Å²) in [5.41, 5.74) is 2.14. The van der Waals surface area contributed by atoms with E-state index in [0.717, 1.165) is 29.5 Å². The lowest BCUT2D eigenvalue weighted by Crippen LogP contribution is -2.37. The van der Waals surface area contributed by atoms with E-state index in [1.165, 1.54) is 29.0 Å². The molecule has 0 aliphatic carbocycles. The number of halogens is 1. The van der Waals surface area contributed by atoms with Crippen LogP contribution >= 0.6 is 11.3 Å². The largest absolute Gasteiger partial charge is 0.376 e. The SMILES string of the molecule is CCc1ccc2nc(N(CC3CCCO3)C(=O)c3ccccc3F)sc2c1. The number of benzene rings is 2. The minimum Gasteiger partial charge on any atom is -0.376 e. The first-order valence-corrected chi connectivity index (χ1v) is 10.0. The molecule has 2 aromatic carbocycles. The molecule has 6 heteroatoms. The van der Waals surface area contributed by atoms with Gasteiger partial charge in [-0.15, -0.1) is 0 Å². The number of aryl methyl sites for hydroxylation is 1. The van der Waals surface area contributed by atoms with Crippen molar-refractivity contribution < 1.29 is 13.9 Å². The Labute approximate surface area is 161 Å². The van der Waals surface area contributed by atoms with Gasteiger partial charge in [0.05, 0.1) is 28.4 Å². The van der Waals surface area contributed by atoms with Gasteiger partial charge in [0.25, 0.3) is 5.91 Å². The van der Waals surface area contributed by atoms with Crippen molar-refractivity contribution in [1.29, 1.82) is 0 Å². The Hall–Kier alpha value is -2.31. The highest BCUT2D eigenvalue weighted by Gasteiger charge is 2.28. The zero-order valence-corrected chi connectivity index (χ0v) is 16.0. The quantitative estimate of drug-likeness (QED) is 0.633. The monoisotopic (exact) mass is 384 g/mol. The van der Waals surface area contributed by atoms with Gasteiger partial charge in [0.1, 0.15) is 5.82 Å². The standard InChI is InChI=1S/C21H21FN2O2S/c1-2-14-9-10-18-19(12-14)27-21(23-18)24(13-15-6-5-11-26-15)20(25)16-7-3-4-8-17(16)22/h3-4,7-10,12,15H,2,5-6,11,13H2,1H3. The number of nitrogens with zero attached hydrogens (tertiary/aromatic N) is 2. The minimum absolute atomic E-state index is 0.0426. The Morgan fingerprint density at radius 1 is 1.33 bits per heavy atom. The summed E-state index contributed by atoms with van der Waals surface area (Å²) in [6.45, 7) is 3.19. The van der Waals surface area contributed by atoms with E-state index in [0.29, 0.717) is 18.3 Å².